The number of carboxylic acid groups (broad SMARTS) is 1. The van der Waals surface area contributed by atoms with E-state index in [1.165, 1.54) is 0 Å². The summed E-state index contributed by atoms with van der Waals surface area (Å²) in [6.07, 6.45) is 0. The second-order valence-corrected chi connectivity index (χ2v) is 6.60. The Hall–Kier alpha value is -1.84. The summed E-state index contributed by atoms with van der Waals surface area (Å²) < 4.78 is 0. The zero-order chi connectivity index (χ0) is 15.6. The highest BCUT2D eigenvalue weighted by Gasteiger charge is 2.37. The molecule has 4 heteroatoms. The highest BCUT2D eigenvalue weighted by molar-refractivity contribution is 5.91. The van der Waals surface area contributed by atoms with E-state index in [1.807, 2.05) is 30.3 Å². The molecule has 0 aromatic heterocycles. The first-order chi connectivity index (χ1) is 9.06. The van der Waals surface area contributed by atoms with Gasteiger partial charge in [-0.2, -0.15) is 0 Å². The molecule has 0 unspecified atom stereocenters. The van der Waals surface area contributed by atoms with Crippen molar-refractivity contribution in [1.29, 1.82) is 0 Å². The van der Waals surface area contributed by atoms with Gasteiger partial charge in [0.15, 0.2) is 0 Å². The Balaban J connectivity index is 2.98. The van der Waals surface area contributed by atoms with Gasteiger partial charge in [0, 0.05) is 0 Å². The van der Waals surface area contributed by atoms with E-state index in [0.29, 0.717) is 0 Å². The number of hydrogen-bond acceptors (Lipinski definition) is 2. The number of aliphatic carboxylic acids is 1. The van der Waals surface area contributed by atoms with Gasteiger partial charge in [-0.05, 0) is 24.8 Å². The van der Waals surface area contributed by atoms with Crippen molar-refractivity contribution in [1.82, 2.24) is 5.32 Å². The first-order valence-electron chi connectivity index (χ1n) is 6.66. The van der Waals surface area contributed by atoms with Gasteiger partial charge in [0.2, 0.25) is 5.91 Å². The molecule has 2 N–H and O–H groups in total. The number of carbonyl (C=O) groups is 2. The van der Waals surface area contributed by atoms with E-state index in [1.54, 1.807) is 34.6 Å². The van der Waals surface area contributed by atoms with E-state index < -0.39 is 22.8 Å². The van der Waals surface area contributed by atoms with Gasteiger partial charge in [0.05, 0.1) is 5.41 Å². The quantitative estimate of drug-likeness (QED) is 0.889. The van der Waals surface area contributed by atoms with Crippen LogP contribution in [0.5, 0.6) is 0 Å². The summed E-state index contributed by atoms with van der Waals surface area (Å²) in [6.45, 7) is 8.96. The molecule has 0 bridgehead atoms. The molecule has 0 aliphatic rings. The van der Waals surface area contributed by atoms with Crippen LogP contribution in [0.15, 0.2) is 30.3 Å². The van der Waals surface area contributed by atoms with Crippen LogP contribution in [0.2, 0.25) is 0 Å². The molecule has 0 saturated heterocycles. The highest BCUT2D eigenvalue weighted by Crippen LogP contribution is 2.25. The molecule has 0 radical (unpaired) electrons. The van der Waals surface area contributed by atoms with E-state index in [2.05, 4.69) is 5.32 Å². The largest absolute Gasteiger partial charge is 0.480 e. The van der Waals surface area contributed by atoms with Gasteiger partial charge in [-0.1, -0.05) is 51.1 Å². The van der Waals surface area contributed by atoms with Crippen molar-refractivity contribution in [2.45, 2.75) is 46.1 Å². The van der Waals surface area contributed by atoms with Crippen molar-refractivity contribution >= 4 is 11.9 Å². The molecule has 20 heavy (non-hydrogen) atoms. The van der Waals surface area contributed by atoms with Gasteiger partial charge < -0.3 is 10.4 Å². The lowest BCUT2D eigenvalue weighted by Crippen LogP contribution is -2.53. The third-order valence-electron chi connectivity index (χ3n) is 3.45. The standard InChI is InChI=1S/C16H23NO3/c1-15(2,3)12(13(18)19)17-14(20)16(4,5)11-9-7-6-8-10-11/h6-10,12H,1-5H3,(H,17,20)(H,18,19)/t12-/m1/s1. The van der Waals surface area contributed by atoms with Crippen molar-refractivity contribution in [3.05, 3.63) is 35.9 Å². The lowest BCUT2D eigenvalue weighted by atomic mass is 9.81. The van der Waals surface area contributed by atoms with Crippen LogP contribution in [0.3, 0.4) is 0 Å². The first kappa shape index (κ1) is 16.2. The smallest absolute Gasteiger partial charge is 0.326 e. The summed E-state index contributed by atoms with van der Waals surface area (Å²) in [7, 11) is 0. The van der Waals surface area contributed by atoms with Crippen molar-refractivity contribution in [2.75, 3.05) is 0 Å². The molecule has 4 nitrogen and oxygen atoms in total. The number of hydrogen-bond donors (Lipinski definition) is 2. The minimum atomic E-state index is -1.02. The number of carbonyl (C=O) groups excluding carboxylic acids is 1. The average Bonchev–Trinajstić information content (AvgIpc) is 2.34. The van der Waals surface area contributed by atoms with Gasteiger partial charge in [-0.15, -0.1) is 0 Å². The Morgan fingerprint density at radius 3 is 1.95 bits per heavy atom. The summed E-state index contributed by atoms with van der Waals surface area (Å²) in [5.74, 6) is -1.30. The summed E-state index contributed by atoms with van der Waals surface area (Å²) in [4.78, 5) is 23.8. The molecule has 1 aromatic carbocycles. The van der Waals surface area contributed by atoms with Crippen LogP contribution in [0.4, 0.5) is 0 Å². The molecule has 0 fully saturated rings. The molecular formula is C16H23NO3. The molecule has 0 aliphatic carbocycles. The molecule has 1 aromatic rings. The summed E-state index contributed by atoms with van der Waals surface area (Å²) in [6, 6.07) is 8.43. The number of rotatable bonds is 4. The van der Waals surface area contributed by atoms with Crippen molar-refractivity contribution in [3.8, 4) is 0 Å². The third kappa shape index (κ3) is 3.59. The lowest BCUT2D eigenvalue weighted by molar-refractivity contribution is -0.145. The number of carboxylic acids is 1. The third-order valence-corrected chi connectivity index (χ3v) is 3.45. The summed E-state index contributed by atoms with van der Waals surface area (Å²) in [5.41, 5.74) is -0.468. The van der Waals surface area contributed by atoms with E-state index in [0.717, 1.165) is 5.56 Å². The normalized spacial score (nSPS) is 13.7. The molecule has 1 amide bonds. The second kappa shape index (κ2) is 5.65. The molecule has 0 aliphatic heterocycles. The Labute approximate surface area is 120 Å². The molecule has 110 valence electrons. The maximum atomic E-state index is 12.5. The fraction of sp³-hybridized carbons (Fsp3) is 0.500. The summed E-state index contributed by atoms with van der Waals surface area (Å²) >= 11 is 0. The SMILES string of the molecule is CC(C)(C(=O)N[C@H](C(=O)O)C(C)(C)C)c1ccccc1. The average molecular weight is 277 g/mol. The second-order valence-electron chi connectivity index (χ2n) is 6.60. The van der Waals surface area contributed by atoms with Gasteiger partial charge in [0.25, 0.3) is 0 Å². The van der Waals surface area contributed by atoms with Gasteiger partial charge in [0.1, 0.15) is 6.04 Å². The van der Waals surface area contributed by atoms with Crippen LogP contribution < -0.4 is 5.32 Å². The fourth-order valence-corrected chi connectivity index (χ4v) is 1.95. The minimum absolute atomic E-state index is 0.286. The van der Waals surface area contributed by atoms with Crippen LogP contribution in [-0.4, -0.2) is 23.0 Å². The maximum absolute atomic E-state index is 12.5. The van der Waals surface area contributed by atoms with Crippen LogP contribution >= 0.6 is 0 Å². The van der Waals surface area contributed by atoms with Crippen molar-refractivity contribution in [2.24, 2.45) is 5.41 Å². The van der Waals surface area contributed by atoms with E-state index in [9.17, 15) is 14.7 Å². The van der Waals surface area contributed by atoms with Crippen LogP contribution in [0.25, 0.3) is 0 Å². The molecule has 0 saturated carbocycles. The zero-order valence-corrected chi connectivity index (χ0v) is 12.7. The number of benzene rings is 1. The zero-order valence-electron chi connectivity index (χ0n) is 12.7. The Kier molecular flexibility index (Phi) is 4.58. The van der Waals surface area contributed by atoms with Gasteiger partial charge >= 0.3 is 5.97 Å². The van der Waals surface area contributed by atoms with Crippen LogP contribution in [0, 0.1) is 5.41 Å². The Bertz CT molecular complexity index is 486. The Morgan fingerprint density at radius 1 is 1.05 bits per heavy atom. The molecule has 0 heterocycles. The Morgan fingerprint density at radius 2 is 1.55 bits per heavy atom. The minimum Gasteiger partial charge on any atom is -0.480 e. The lowest BCUT2D eigenvalue weighted by Gasteiger charge is -2.32. The van der Waals surface area contributed by atoms with Gasteiger partial charge in [-0.25, -0.2) is 4.79 Å². The highest BCUT2D eigenvalue weighted by atomic mass is 16.4. The van der Waals surface area contributed by atoms with E-state index >= 15 is 0 Å². The van der Waals surface area contributed by atoms with Crippen LogP contribution in [-0.2, 0) is 15.0 Å². The molecule has 1 atom stereocenters. The van der Waals surface area contributed by atoms with E-state index in [-0.39, 0.29) is 5.91 Å². The first-order valence-corrected chi connectivity index (χ1v) is 6.66. The predicted molar refractivity (Wildman–Crippen MR) is 78.5 cm³/mol. The predicted octanol–water partition coefficient (Wildman–Crippen LogP) is 2.58. The van der Waals surface area contributed by atoms with Crippen molar-refractivity contribution in [3.63, 3.8) is 0 Å². The summed E-state index contributed by atoms with van der Waals surface area (Å²) in [5, 5.41) is 11.9. The molecule has 0 spiro atoms. The number of nitrogens with one attached hydrogen (secondary N) is 1. The van der Waals surface area contributed by atoms with Gasteiger partial charge in [-0.3, -0.25) is 4.79 Å². The monoisotopic (exact) mass is 277 g/mol. The number of amides is 1. The molecular weight excluding hydrogens is 254 g/mol. The fourth-order valence-electron chi connectivity index (χ4n) is 1.95. The topological polar surface area (TPSA) is 66.4 Å². The maximum Gasteiger partial charge on any atom is 0.326 e. The van der Waals surface area contributed by atoms with E-state index in [4.69, 9.17) is 0 Å². The van der Waals surface area contributed by atoms with Crippen molar-refractivity contribution < 1.29 is 14.7 Å². The van der Waals surface area contributed by atoms with Crippen LogP contribution in [0.1, 0.15) is 40.2 Å². The molecule has 1 rings (SSSR count).